The molecule has 0 spiro atoms. The van der Waals surface area contributed by atoms with E-state index in [9.17, 15) is 23.1 Å². The van der Waals surface area contributed by atoms with Gasteiger partial charge in [0.25, 0.3) is 0 Å². The first-order chi connectivity index (χ1) is 7.38. The number of hydrogen-bond donors (Lipinski definition) is 2. The molecule has 1 saturated heterocycles. The van der Waals surface area contributed by atoms with Crippen molar-refractivity contribution in [3.05, 3.63) is 0 Å². The lowest BCUT2D eigenvalue weighted by atomic mass is 10.1. The quantitative estimate of drug-likeness (QED) is 0.760. The third kappa shape index (κ3) is 4.80. The van der Waals surface area contributed by atoms with E-state index in [1.807, 2.05) is 0 Å². The number of carbonyl (C=O) groups excluding carboxylic acids is 1. The average molecular weight is 241 g/mol. The van der Waals surface area contributed by atoms with E-state index in [1.54, 1.807) is 0 Å². The molecule has 7 heteroatoms. The van der Waals surface area contributed by atoms with Crippen LogP contribution in [0.3, 0.4) is 0 Å². The molecular formula is C9H14F3NO3. The fraction of sp³-hybridized carbons (Fsp3) is 0.889. The molecular weight excluding hydrogens is 227 g/mol. The van der Waals surface area contributed by atoms with Gasteiger partial charge in [-0.05, 0) is 6.42 Å². The Hall–Kier alpha value is -0.820. The van der Waals surface area contributed by atoms with E-state index in [0.29, 0.717) is 13.0 Å². The molecule has 1 aliphatic rings. The van der Waals surface area contributed by atoms with Crippen molar-refractivity contribution in [2.24, 2.45) is 0 Å². The minimum Gasteiger partial charge on any atom is -0.389 e. The third-order valence-corrected chi connectivity index (χ3v) is 2.31. The topological polar surface area (TPSA) is 58.6 Å². The third-order valence-electron chi connectivity index (χ3n) is 2.31. The van der Waals surface area contributed by atoms with Gasteiger partial charge in [0.2, 0.25) is 5.91 Å². The van der Waals surface area contributed by atoms with Gasteiger partial charge in [-0.2, -0.15) is 13.2 Å². The molecule has 1 rings (SSSR count). The smallest absolute Gasteiger partial charge is 0.389 e. The first-order valence-electron chi connectivity index (χ1n) is 5.00. The summed E-state index contributed by atoms with van der Waals surface area (Å²) in [5, 5.41) is 11.8. The van der Waals surface area contributed by atoms with Crippen LogP contribution < -0.4 is 5.32 Å². The number of amides is 1. The summed E-state index contributed by atoms with van der Waals surface area (Å²) in [6.45, 7) is 0.492. The summed E-state index contributed by atoms with van der Waals surface area (Å²) in [5.74, 6) is -0.691. The molecule has 16 heavy (non-hydrogen) atoms. The van der Waals surface area contributed by atoms with Gasteiger partial charge in [0.1, 0.15) is 0 Å². The molecule has 0 aliphatic carbocycles. The Bertz CT molecular complexity index is 245. The summed E-state index contributed by atoms with van der Waals surface area (Å²) in [4.78, 5) is 11.1. The monoisotopic (exact) mass is 241 g/mol. The van der Waals surface area contributed by atoms with E-state index >= 15 is 0 Å². The van der Waals surface area contributed by atoms with Crippen LogP contribution in [0.15, 0.2) is 0 Å². The fourth-order valence-electron chi connectivity index (χ4n) is 1.43. The van der Waals surface area contributed by atoms with E-state index in [-0.39, 0.29) is 6.61 Å². The number of hydrogen-bond acceptors (Lipinski definition) is 3. The minimum atomic E-state index is -4.33. The van der Waals surface area contributed by atoms with Gasteiger partial charge in [-0.3, -0.25) is 4.79 Å². The molecule has 0 aromatic rings. The van der Waals surface area contributed by atoms with Crippen LogP contribution >= 0.6 is 0 Å². The van der Waals surface area contributed by atoms with Crippen LogP contribution in [-0.4, -0.2) is 42.5 Å². The lowest BCUT2D eigenvalue weighted by Crippen LogP contribution is -2.48. The second kappa shape index (κ2) is 5.49. The molecule has 0 unspecified atom stereocenters. The Morgan fingerprint density at radius 1 is 1.50 bits per heavy atom. The molecule has 0 aromatic heterocycles. The van der Waals surface area contributed by atoms with Gasteiger partial charge >= 0.3 is 6.18 Å². The number of alkyl halides is 3. The van der Waals surface area contributed by atoms with Crippen molar-refractivity contribution in [3.63, 3.8) is 0 Å². The molecule has 4 nitrogen and oxygen atoms in total. The number of carbonyl (C=O) groups is 1. The Kier molecular flexibility index (Phi) is 4.55. The number of nitrogens with one attached hydrogen (secondary N) is 1. The van der Waals surface area contributed by atoms with Crippen LogP contribution in [-0.2, 0) is 9.53 Å². The molecule has 2 atom stereocenters. The lowest BCUT2D eigenvalue weighted by Gasteiger charge is -2.28. The van der Waals surface area contributed by atoms with Gasteiger partial charge in [0.05, 0.1) is 25.2 Å². The van der Waals surface area contributed by atoms with Crippen molar-refractivity contribution in [1.29, 1.82) is 0 Å². The normalized spacial score (nSPS) is 26.5. The van der Waals surface area contributed by atoms with E-state index < -0.39 is 37.1 Å². The number of aliphatic hydroxyl groups is 1. The maximum Gasteiger partial charge on any atom is 0.389 e. The first kappa shape index (κ1) is 13.2. The Labute approximate surface area is 90.8 Å². The van der Waals surface area contributed by atoms with Crippen LogP contribution in [0.1, 0.15) is 19.3 Å². The number of aliphatic hydroxyl groups excluding tert-OH is 1. The SMILES string of the molecule is O=C(CCC(F)(F)F)N[C@@H]1CCOC[C@H]1O. The van der Waals surface area contributed by atoms with Gasteiger partial charge < -0.3 is 15.2 Å². The highest BCUT2D eigenvalue weighted by atomic mass is 19.4. The molecule has 94 valence electrons. The summed E-state index contributed by atoms with van der Waals surface area (Å²) in [7, 11) is 0. The molecule has 1 amide bonds. The molecule has 1 fully saturated rings. The predicted molar refractivity (Wildman–Crippen MR) is 48.7 cm³/mol. The molecule has 0 aromatic carbocycles. The van der Waals surface area contributed by atoms with Gasteiger partial charge in [-0.25, -0.2) is 0 Å². The standard InChI is InChI=1S/C9H14F3NO3/c10-9(11,12)3-1-8(15)13-6-2-4-16-5-7(6)14/h6-7,14H,1-5H2,(H,13,15)/t6-,7-/m1/s1. The zero-order valence-electron chi connectivity index (χ0n) is 8.59. The molecule has 0 bridgehead atoms. The Morgan fingerprint density at radius 2 is 2.19 bits per heavy atom. The highest BCUT2D eigenvalue weighted by Crippen LogP contribution is 2.21. The van der Waals surface area contributed by atoms with Crippen molar-refractivity contribution < 1.29 is 27.8 Å². The van der Waals surface area contributed by atoms with E-state index in [1.165, 1.54) is 0 Å². The fourth-order valence-corrected chi connectivity index (χ4v) is 1.43. The molecule has 1 aliphatic heterocycles. The number of ether oxygens (including phenoxy) is 1. The van der Waals surface area contributed by atoms with Crippen molar-refractivity contribution in [2.75, 3.05) is 13.2 Å². The molecule has 2 N–H and O–H groups in total. The summed E-state index contributed by atoms with van der Waals surface area (Å²) >= 11 is 0. The number of halogens is 3. The second-order valence-electron chi connectivity index (χ2n) is 3.72. The molecule has 0 radical (unpaired) electrons. The summed E-state index contributed by atoms with van der Waals surface area (Å²) < 4.78 is 40.4. The van der Waals surface area contributed by atoms with Crippen molar-refractivity contribution in [1.82, 2.24) is 5.32 Å². The van der Waals surface area contributed by atoms with Crippen LogP contribution in [0.25, 0.3) is 0 Å². The summed E-state index contributed by atoms with van der Waals surface area (Å²) in [6.07, 6.45) is -6.50. The Morgan fingerprint density at radius 3 is 2.75 bits per heavy atom. The highest BCUT2D eigenvalue weighted by molar-refractivity contribution is 5.76. The van der Waals surface area contributed by atoms with Crippen LogP contribution in [0.5, 0.6) is 0 Å². The second-order valence-corrected chi connectivity index (χ2v) is 3.72. The van der Waals surface area contributed by atoms with E-state index in [0.717, 1.165) is 0 Å². The van der Waals surface area contributed by atoms with Gasteiger partial charge in [0.15, 0.2) is 0 Å². The summed E-state index contributed by atoms with van der Waals surface area (Å²) in [5.41, 5.74) is 0. The molecule has 1 heterocycles. The summed E-state index contributed by atoms with van der Waals surface area (Å²) in [6, 6.07) is -0.505. The maximum atomic E-state index is 11.8. The van der Waals surface area contributed by atoms with Crippen molar-refractivity contribution in [3.8, 4) is 0 Å². The van der Waals surface area contributed by atoms with E-state index in [2.05, 4.69) is 5.32 Å². The highest BCUT2D eigenvalue weighted by Gasteiger charge is 2.30. The van der Waals surface area contributed by atoms with Gasteiger partial charge in [-0.1, -0.05) is 0 Å². The van der Waals surface area contributed by atoms with Crippen molar-refractivity contribution >= 4 is 5.91 Å². The Balaban J connectivity index is 2.28. The zero-order chi connectivity index (χ0) is 12.2. The van der Waals surface area contributed by atoms with Crippen molar-refractivity contribution in [2.45, 2.75) is 37.6 Å². The number of rotatable bonds is 3. The van der Waals surface area contributed by atoms with Gasteiger partial charge in [0, 0.05) is 13.0 Å². The molecule has 0 saturated carbocycles. The average Bonchev–Trinajstić information content (AvgIpc) is 2.18. The largest absolute Gasteiger partial charge is 0.389 e. The zero-order valence-corrected chi connectivity index (χ0v) is 8.59. The predicted octanol–water partition coefficient (Wildman–Crippen LogP) is 0.595. The van der Waals surface area contributed by atoms with Crippen LogP contribution in [0, 0.1) is 0 Å². The maximum absolute atomic E-state index is 11.8. The van der Waals surface area contributed by atoms with E-state index in [4.69, 9.17) is 4.74 Å². The first-order valence-corrected chi connectivity index (χ1v) is 5.00. The van der Waals surface area contributed by atoms with Crippen LogP contribution in [0.4, 0.5) is 13.2 Å². The van der Waals surface area contributed by atoms with Crippen LogP contribution in [0.2, 0.25) is 0 Å². The van der Waals surface area contributed by atoms with Gasteiger partial charge in [-0.15, -0.1) is 0 Å². The lowest BCUT2D eigenvalue weighted by molar-refractivity contribution is -0.145. The minimum absolute atomic E-state index is 0.101.